The summed E-state index contributed by atoms with van der Waals surface area (Å²) in [5, 5.41) is 3.74. The molecule has 3 aromatic rings. The lowest BCUT2D eigenvalue weighted by Gasteiger charge is -2.26. The molecular formula is C20H15ClFN3O. The van der Waals surface area contributed by atoms with Gasteiger partial charge in [0.2, 0.25) is 0 Å². The molecule has 26 heavy (non-hydrogen) atoms. The molecule has 4 rings (SSSR count). The van der Waals surface area contributed by atoms with Crippen molar-refractivity contribution in [2.75, 3.05) is 10.2 Å². The number of hydrogen-bond acceptors (Lipinski definition) is 3. The second-order valence-electron chi connectivity index (χ2n) is 6.11. The topological polar surface area (TPSA) is 45.2 Å². The third-order valence-corrected chi connectivity index (χ3v) is 4.62. The fourth-order valence-electron chi connectivity index (χ4n) is 3.05. The highest BCUT2D eigenvalue weighted by Gasteiger charge is 2.38. The van der Waals surface area contributed by atoms with E-state index >= 15 is 0 Å². The zero-order valence-electron chi connectivity index (χ0n) is 13.9. The average molecular weight is 368 g/mol. The number of carbonyl (C=O) groups excluding carboxylic acids is 1. The second kappa shape index (κ2) is 6.42. The SMILES string of the molecule is Cc1ccc(NC2c3ccccc3C(=O)N2c2ccc(Cl)cn2)cc1F. The van der Waals surface area contributed by atoms with Crippen LogP contribution < -0.4 is 10.2 Å². The van der Waals surface area contributed by atoms with Crippen LogP contribution in [0, 0.1) is 12.7 Å². The predicted octanol–water partition coefficient (Wildman–Crippen LogP) is 4.95. The van der Waals surface area contributed by atoms with E-state index in [-0.39, 0.29) is 11.7 Å². The Kier molecular flexibility index (Phi) is 4.09. The fraction of sp³-hybridized carbons (Fsp3) is 0.100. The molecule has 1 aliphatic rings. The zero-order valence-corrected chi connectivity index (χ0v) is 14.7. The Balaban J connectivity index is 1.77. The minimum atomic E-state index is -0.491. The minimum Gasteiger partial charge on any atom is -0.361 e. The summed E-state index contributed by atoms with van der Waals surface area (Å²) in [6.45, 7) is 1.71. The van der Waals surface area contributed by atoms with Gasteiger partial charge in [-0.2, -0.15) is 0 Å². The van der Waals surface area contributed by atoms with Crippen LogP contribution in [-0.2, 0) is 0 Å². The summed E-state index contributed by atoms with van der Waals surface area (Å²) in [4.78, 5) is 18.8. The quantitative estimate of drug-likeness (QED) is 0.712. The first-order valence-corrected chi connectivity index (χ1v) is 8.49. The van der Waals surface area contributed by atoms with Crippen LogP contribution in [0.25, 0.3) is 0 Å². The van der Waals surface area contributed by atoms with E-state index in [0.29, 0.717) is 27.7 Å². The maximum atomic E-state index is 13.9. The van der Waals surface area contributed by atoms with E-state index in [0.717, 1.165) is 5.56 Å². The summed E-state index contributed by atoms with van der Waals surface area (Å²) < 4.78 is 13.9. The number of aryl methyl sites for hydroxylation is 1. The van der Waals surface area contributed by atoms with Crippen LogP contribution in [0.1, 0.15) is 27.7 Å². The molecule has 1 atom stereocenters. The molecule has 1 amide bonds. The summed E-state index contributed by atoms with van der Waals surface area (Å²) in [5.74, 6) is 0.00460. The van der Waals surface area contributed by atoms with Crippen LogP contribution in [0.15, 0.2) is 60.8 Å². The maximum absolute atomic E-state index is 13.9. The first-order valence-electron chi connectivity index (χ1n) is 8.11. The smallest absolute Gasteiger partial charge is 0.261 e. The number of carbonyl (C=O) groups is 1. The van der Waals surface area contributed by atoms with Gasteiger partial charge in [-0.3, -0.25) is 9.69 Å². The Bertz CT molecular complexity index is 991. The van der Waals surface area contributed by atoms with Gasteiger partial charge < -0.3 is 5.32 Å². The van der Waals surface area contributed by atoms with Crippen LogP contribution in [-0.4, -0.2) is 10.9 Å². The molecule has 0 aliphatic carbocycles. The van der Waals surface area contributed by atoms with Crippen molar-refractivity contribution in [1.82, 2.24) is 4.98 Å². The van der Waals surface area contributed by atoms with Crippen molar-refractivity contribution in [2.24, 2.45) is 0 Å². The Morgan fingerprint density at radius 1 is 1.15 bits per heavy atom. The minimum absolute atomic E-state index is 0.166. The van der Waals surface area contributed by atoms with Gasteiger partial charge in [0.25, 0.3) is 5.91 Å². The molecule has 0 radical (unpaired) electrons. The number of nitrogens with zero attached hydrogens (tertiary/aromatic N) is 2. The highest BCUT2D eigenvalue weighted by molar-refractivity contribution is 6.30. The number of pyridine rings is 1. The molecule has 1 unspecified atom stereocenters. The molecule has 2 aromatic carbocycles. The number of halogens is 2. The number of nitrogens with one attached hydrogen (secondary N) is 1. The molecular weight excluding hydrogens is 353 g/mol. The van der Waals surface area contributed by atoms with E-state index in [1.807, 2.05) is 18.2 Å². The van der Waals surface area contributed by atoms with Crippen LogP contribution in [0.3, 0.4) is 0 Å². The van der Waals surface area contributed by atoms with Crippen LogP contribution in [0.2, 0.25) is 5.02 Å². The normalized spacial score (nSPS) is 15.9. The molecule has 0 spiro atoms. The second-order valence-corrected chi connectivity index (χ2v) is 6.54. The van der Waals surface area contributed by atoms with Crippen molar-refractivity contribution in [2.45, 2.75) is 13.1 Å². The van der Waals surface area contributed by atoms with E-state index < -0.39 is 6.17 Å². The van der Waals surface area contributed by atoms with Crippen molar-refractivity contribution < 1.29 is 9.18 Å². The van der Waals surface area contributed by atoms with Gasteiger partial charge in [0, 0.05) is 23.0 Å². The number of benzene rings is 2. The molecule has 0 saturated heterocycles. The molecule has 6 heteroatoms. The van der Waals surface area contributed by atoms with Gasteiger partial charge in [-0.15, -0.1) is 0 Å². The Labute approximate surface area is 155 Å². The van der Waals surface area contributed by atoms with Gasteiger partial charge in [0.1, 0.15) is 17.8 Å². The standard InChI is InChI=1S/C20H15ClFN3O/c1-12-6-8-14(10-17(12)22)24-19-15-4-2-3-5-16(15)20(26)25(19)18-9-7-13(21)11-23-18/h2-11,19,24H,1H3. The van der Waals surface area contributed by atoms with Crippen LogP contribution in [0.5, 0.6) is 0 Å². The molecule has 130 valence electrons. The van der Waals surface area contributed by atoms with Gasteiger partial charge in [0.15, 0.2) is 0 Å². The van der Waals surface area contributed by atoms with Crippen molar-refractivity contribution in [3.8, 4) is 0 Å². The van der Waals surface area contributed by atoms with Gasteiger partial charge in [-0.05, 0) is 42.8 Å². The maximum Gasteiger partial charge on any atom is 0.261 e. The molecule has 0 bridgehead atoms. The zero-order chi connectivity index (χ0) is 18.3. The molecule has 1 aromatic heterocycles. The number of amides is 1. The van der Waals surface area contributed by atoms with Gasteiger partial charge >= 0.3 is 0 Å². The molecule has 1 N–H and O–H groups in total. The Morgan fingerprint density at radius 3 is 2.69 bits per heavy atom. The lowest BCUT2D eigenvalue weighted by Crippen LogP contribution is -2.32. The van der Waals surface area contributed by atoms with E-state index in [9.17, 15) is 9.18 Å². The fourth-order valence-corrected chi connectivity index (χ4v) is 3.16. The third kappa shape index (κ3) is 2.80. The van der Waals surface area contributed by atoms with E-state index in [2.05, 4.69) is 10.3 Å². The molecule has 0 saturated carbocycles. The first-order chi connectivity index (χ1) is 12.5. The average Bonchev–Trinajstić information content (AvgIpc) is 2.92. The summed E-state index contributed by atoms with van der Waals surface area (Å²) in [5.41, 5.74) is 2.56. The molecule has 1 aliphatic heterocycles. The number of fused-ring (bicyclic) bond motifs is 1. The molecule has 0 fully saturated rings. The Morgan fingerprint density at radius 2 is 1.96 bits per heavy atom. The van der Waals surface area contributed by atoms with E-state index in [4.69, 9.17) is 11.6 Å². The highest BCUT2D eigenvalue weighted by atomic mass is 35.5. The van der Waals surface area contributed by atoms with Crippen LogP contribution in [0.4, 0.5) is 15.9 Å². The van der Waals surface area contributed by atoms with Gasteiger partial charge in [-0.25, -0.2) is 9.37 Å². The lowest BCUT2D eigenvalue weighted by molar-refractivity contribution is 0.0992. The summed E-state index contributed by atoms with van der Waals surface area (Å²) in [7, 11) is 0. The van der Waals surface area contributed by atoms with Crippen molar-refractivity contribution in [3.05, 3.63) is 88.3 Å². The molecule has 2 heterocycles. The first kappa shape index (κ1) is 16.5. The largest absolute Gasteiger partial charge is 0.361 e. The predicted molar refractivity (Wildman–Crippen MR) is 100.0 cm³/mol. The summed E-state index contributed by atoms with van der Waals surface area (Å²) in [6.07, 6.45) is 1.00. The lowest BCUT2D eigenvalue weighted by atomic mass is 10.1. The number of rotatable bonds is 3. The summed E-state index contributed by atoms with van der Waals surface area (Å²) in [6, 6.07) is 15.6. The van der Waals surface area contributed by atoms with Gasteiger partial charge in [-0.1, -0.05) is 35.9 Å². The van der Waals surface area contributed by atoms with E-state index in [1.54, 1.807) is 42.2 Å². The number of aromatic nitrogens is 1. The number of anilines is 2. The van der Waals surface area contributed by atoms with Crippen LogP contribution >= 0.6 is 11.6 Å². The number of hydrogen-bond donors (Lipinski definition) is 1. The monoisotopic (exact) mass is 367 g/mol. The summed E-state index contributed by atoms with van der Waals surface area (Å²) >= 11 is 5.92. The van der Waals surface area contributed by atoms with Crippen molar-refractivity contribution in [3.63, 3.8) is 0 Å². The van der Waals surface area contributed by atoms with E-state index in [1.165, 1.54) is 12.3 Å². The van der Waals surface area contributed by atoms with Crippen molar-refractivity contribution in [1.29, 1.82) is 0 Å². The highest BCUT2D eigenvalue weighted by Crippen LogP contribution is 2.37. The van der Waals surface area contributed by atoms with Crippen molar-refractivity contribution >= 4 is 29.0 Å². The Hall–Kier alpha value is -2.92. The van der Waals surface area contributed by atoms with Gasteiger partial charge in [0.05, 0.1) is 5.02 Å². The molecule has 4 nitrogen and oxygen atoms in total. The third-order valence-electron chi connectivity index (χ3n) is 4.40.